The molecule has 25 heteroatoms. The number of nitrogens with one attached hydrogen (secondary N) is 2. The van der Waals surface area contributed by atoms with Crippen LogP contribution in [0.3, 0.4) is 0 Å². The van der Waals surface area contributed by atoms with Gasteiger partial charge in [0.2, 0.25) is 23.6 Å². The predicted octanol–water partition coefficient (Wildman–Crippen LogP) is 6.79. The van der Waals surface area contributed by atoms with Crippen LogP contribution in [0.4, 0.5) is 22.4 Å². The SMILES string of the molecule is CC(=O)c1cn(CC(=O)N2CC(F)C(CC(=O)c3cn(CC(=O)N4CC(F)CC4C(=O)NCc4cccc(Cl)c4F)c4cc(C(=O)CS(C)=O)ccc34)C2C(=O)NCc2cccc(Cl)c2F)c2ccc(OC(=O)N3CCOCC3)cc12. The quantitative estimate of drug-likeness (QED) is 0.0675. The van der Waals surface area contributed by atoms with E-state index in [1.165, 1.54) is 112 Å². The molecule has 5 heterocycles. The summed E-state index contributed by atoms with van der Waals surface area (Å²) in [6.45, 7) is -0.532. The molecule has 3 fully saturated rings. The van der Waals surface area contributed by atoms with Crippen LogP contribution in [0.2, 0.25) is 10.0 Å². The maximum absolute atomic E-state index is 16.9. The Bertz CT molecular complexity index is 3560. The van der Waals surface area contributed by atoms with Crippen molar-refractivity contribution in [1.82, 2.24) is 34.5 Å². The summed E-state index contributed by atoms with van der Waals surface area (Å²) in [7, 11) is -1.56. The third kappa shape index (κ3) is 12.7. The Labute approximate surface area is 473 Å². The first-order chi connectivity index (χ1) is 38.7. The van der Waals surface area contributed by atoms with Gasteiger partial charge in [0.05, 0.1) is 42.1 Å². The highest BCUT2D eigenvalue weighted by atomic mass is 35.5. The van der Waals surface area contributed by atoms with Crippen molar-refractivity contribution in [2.45, 2.75) is 70.4 Å². The van der Waals surface area contributed by atoms with Gasteiger partial charge < -0.3 is 43.9 Å². The lowest BCUT2D eigenvalue weighted by molar-refractivity contribution is -0.139. The molecule has 3 saturated heterocycles. The molecule has 6 aromatic rings. The number of likely N-dealkylation sites (tertiary alicyclic amines) is 2. The van der Waals surface area contributed by atoms with Gasteiger partial charge in [-0.3, -0.25) is 37.8 Å². The molecule has 5 amide bonds. The summed E-state index contributed by atoms with van der Waals surface area (Å²) in [4.78, 5) is 114. The standard InChI is InChI=1S/C56H53Cl2F4N7O11S/c1-30(70)39-24-66(44-12-10-35(19-37(39)44)80-56(77)65-13-15-79-16-14-65)28-50(74)69-26-43(60)38(53(69)55(76)64-22-33-6-4-8-42(58)52(33)62)20-47(71)40-25-67(45-17-31(9-11-36(40)45)48(72)29-81(2)78)27-49(73)68-23-34(59)18-46(68)54(75)63-21-32-5-3-7-41(57)51(32)61/h3-12,17,19,24-25,34,38,43,46,53H,13-16,18,20-23,26-29H2,1-2H3,(H,63,75)(H,64,76). The van der Waals surface area contributed by atoms with Gasteiger partial charge in [0.15, 0.2) is 17.3 Å². The van der Waals surface area contributed by atoms with Crippen molar-refractivity contribution >= 4 is 103 Å². The lowest BCUT2D eigenvalue weighted by Gasteiger charge is -2.27. The lowest BCUT2D eigenvalue weighted by Crippen LogP contribution is -2.49. The molecule has 6 unspecified atom stereocenters. The molecule has 0 bridgehead atoms. The van der Waals surface area contributed by atoms with Crippen molar-refractivity contribution in [3.05, 3.63) is 135 Å². The largest absolute Gasteiger partial charge is 0.415 e. The summed E-state index contributed by atoms with van der Waals surface area (Å²) in [5, 5.41) is 5.17. The molecule has 4 aromatic carbocycles. The van der Waals surface area contributed by atoms with E-state index in [1.54, 1.807) is 0 Å². The van der Waals surface area contributed by atoms with E-state index < -0.39 is 139 Å². The zero-order valence-electron chi connectivity index (χ0n) is 43.6. The van der Waals surface area contributed by atoms with Crippen LogP contribution in [0.25, 0.3) is 21.8 Å². The average Bonchev–Trinajstić information content (AvgIpc) is 4.38. The highest BCUT2D eigenvalue weighted by Gasteiger charge is 2.49. The fourth-order valence-electron chi connectivity index (χ4n) is 10.5. The Hall–Kier alpha value is -7.47. The van der Waals surface area contributed by atoms with Crippen molar-refractivity contribution in [1.29, 1.82) is 0 Å². The van der Waals surface area contributed by atoms with E-state index in [0.717, 1.165) is 9.80 Å². The summed E-state index contributed by atoms with van der Waals surface area (Å²) >= 11 is 11.9. The van der Waals surface area contributed by atoms with Crippen LogP contribution in [0, 0.1) is 17.6 Å². The summed E-state index contributed by atoms with van der Waals surface area (Å²) in [5.41, 5.74) is 0.580. The molecule has 2 N–H and O–H groups in total. The third-order valence-corrected chi connectivity index (χ3v) is 15.8. The Morgan fingerprint density at radius 2 is 1.35 bits per heavy atom. The first kappa shape index (κ1) is 58.2. The second-order valence-corrected chi connectivity index (χ2v) is 22.2. The molecule has 0 spiro atoms. The Balaban J connectivity index is 1.00. The zero-order valence-corrected chi connectivity index (χ0v) is 45.9. The summed E-state index contributed by atoms with van der Waals surface area (Å²) in [5.74, 6) is -8.45. The maximum Gasteiger partial charge on any atom is 0.415 e. The number of hydrogen-bond acceptors (Lipinski definition) is 11. The molecule has 426 valence electrons. The number of aromatic nitrogens is 2. The second kappa shape index (κ2) is 24.7. The molecule has 81 heavy (non-hydrogen) atoms. The zero-order chi connectivity index (χ0) is 58.0. The number of hydrogen-bond donors (Lipinski definition) is 2. The van der Waals surface area contributed by atoms with Crippen LogP contribution in [-0.2, 0) is 60.9 Å². The average molecular weight is 1180 g/mol. The number of alkyl halides is 2. The van der Waals surface area contributed by atoms with Gasteiger partial charge in [0.25, 0.3) is 0 Å². The highest BCUT2D eigenvalue weighted by Crippen LogP contribution is 2.36. The van der Waals surface area contributed by atoms with Gasteiger partial charge in [0.1, 0.15) is 54.9 Å². The molecule has 6 atom stereocenters. The van der Waals surface area contributed by atoms with Crippen molar-refractivity contribution < 1.29 is 69.6 Å². The number of fused-ring (bicyclic) bond motifs is 2. The van der Waals surface area contributed by atoms with E-state index in [9.17, 15) is 47.0 Å². The molecule has 3 aliphatic heterocycles. The Kier molecular flexibility index (Phi) is 17.8. The first-order valence-corrected chi connectivity index (χ1v) is 28.1. The minimum Gasteiger partial charge on any atom is -0.410 e. The normalized spacial score (nSPS) is 19.5. The third-order valence-electron chi connectivity index (χ3n) is 14.6. The van der Waals surface area contributed by atoms with Crippen LogP contribution in [0.5, 0.6) is 5.75 Å². The molecule has 3 aliphatic rings. The number of Topliss-reactive ketones (excluding diaryl/α,β-unsaturated/α-hetero) is 3. The number of ketones is 3. The van der Waals surface area contributed by atoms with E-state index in [-0.39, 0.29) is 73.2 Å². The van der Waals surface area contributed by atoms with E-state index in [0.29, 0.717) is 37.2 Å². The smallest absolute Gasteiger partial charge is 0.410 e. The van der Waals surface area contributed by atoms with E-state index in [2.05, 4.69) is 10.6 Å². The number of nitrogens with zero attached hydrogens (tertiary/aromatic N) is 5. The lowest BCUT2D eigenvalue weighted by atomic mass is 9.90. The summed E-state index contributed by atoms with van der Waals surface area (Å²) in [6, 6.07) is 13.9. The van der Waals surface area contributed by atoms with Crippen LogP contribution in [0.1, 0.15) is 62.0 Å². The highest BCUT2D eigenvalue weighted by molar-refractivity contribution is 7.85. The minimum atomic E-state index is -2.02. The topological polar surface area (TPSA) is 216 Å². The number of rotatable bonds is 18. The van der Waals surface area contributed by atoms with Crippen molar-refractivity contribution in [3.8, 4) is 5.75 Å². The number of benzene rings is 4. The molecule has 2 aromatic heterocycles. The molecule has 0 aliphatic carbocycles. The van der Waals surface area contributed by atoms with Gasteiger partial charge in [-0.05, 0) is 43.3 Å². The van der Waals surface area contributed by atoms with E-state index in [1.807, 2.05) is 0 Å². The number of halogens is 6. The van der Waals surface area contributed by atoms with Gasteiger partial charge in [0, 0.05) is 124 Å². The van der Waals surface area contributed by atoms with Crippen molar-refractivity contribution in [3.63, 3.8) is 0 Å². The fourth-order valence-corrected chi connectivity index (χ4v) is 11.4. The van der Waals surface area contributed by atoms with E-state index >= 15 is 13.2 Å². The number of carbonyl (C=O) groups is 8. The van der Waals surface area contributed by atoms with Crippen molar-refractivity contribution in [2.24, 2.45) is 5.92 Å². The predicted molar refractivity (Wildman–Crippen MR) is 290 cm³/mol. The Morgan fingerprint density at radius 3 is 1.99 bits per heavy atom. The first-order valence-electron chi connectivity index (χ1n) is 25.6. The minimum absolute atomic E-state index is 0.0389. The molecular formula is C56H53Cl2F4N7O11S. The molecule has 9 rings (SSSR count). The molecule has 0 radical (unpaired) electrons. The van der Waals surface area contributed by atoms with Gasteiger partial charge >= 0.3 is 6.09 Å². The molecule has 0 saturated carbocycles. The number of morpholine rings is 1. The number of ether oxygens (including phenoxy) is 2. The summed E-state index contributed by atoms with van der Waals surface area (Å²) in [6.07, 6.45) is -1.40. The monoisotopic (exact) mass is 1180 g/mol. The number of carbonyl (C=O) groups excluding carboxylic acids is 8. The van der Waals surface area contributed by atoms with Crippen LogP contribution in [0.15, 0.2) is 85.2 Å². The van der Waals surface area contributed by atoms with Gasteiger partial charge in [-0.25, -0.2) is 22.4 Å². The van der Waals surface area contributed by atoms with Crippen LogP contribution >= 0.6 is 23.2 Å². The maximum atomic E-state index is 16.9. The molecule has 18 nitrogen and oxygen atoms in total. The van der Waals surface area contributed by atoms with Crippen LogP contribution < -0.4 is 15.4 Å². The second-order valence-electron chi connectivity index (χ2n) is 20.0. The van der Waals surface area contributed by atoms with Gasteiger partial charge in [-0.15, -0.1) is 0 Å². The molecular weight excluding hydrogens is 1130 g/mol. The van der Waals surface area contributed by atoms with Crippen LogP contribution in [-0.4, -0.2) is 151 Å². The fraction of sp³-hybridized carbons (Fsp3) is 0.357. The van der Waals surface area contributed by atoms with Gasteiger partial charge in [-0.2, -0.15) is 0 Å². The van der Waals surface area contributed by atoms with Crippen molar-refractivity contribution in [2.75, 3.05) is 51.4 Å². The Morgan fingerprint density at radius 1 is 0.728 bits per heavy atom. The van der Waals surface area contributed by atoms with Gasteiger partial charge in [-0.1, -0.05) is 59.6 Å². The van der Waals surface area contributed by atoms with E-state index in [4.69, 9.17) is 32.7 Å². The summed E-state index contributed by atoms with van der Waals surface area (Å²) < 4.78 is 87.5. The number of amides is 5.